The fourth-order valence-corrected chi connectivity index (χ4v) is 4.99. The second-order valence-electron chi connectivity index (χ2n) is 8.86. The molecule has 1 amide bonds. The van der Waals surface area contributed by atoms with Gasteiger partial charge < -0.3 is 20.2 Å². The molecule has 1 saturated heterocycles. The van der Waals surface area contributed by atoms with Gasteiger partial charge in [0.1, 0.15) is 11.9 Å². The van der Waals surface area contributed by atoms with Crippen LogP contribution in [0.25, 0.3) is 0 Å². The van der Waals surface area contributed by atoms with E-state index in [1.54, 1.807) is 12.1 Å². The highest BCUT2D eigenvalue weighted by Gasteiger charge is 2.35. The van der Waals surface area contributed by atoms with Gasteiger partial charge in [-0.1, -0.05) is 42.5 Å². The minimum Gasteiger partial charge on any atom is -0.508 e. The highest BCUT2D eigenvalue weighted by Crippen LogP contribution is 2.35. The van der Waals surface area contributed by atoms with Crippen molar-refractivity contribution in [1.29, 1.82) is 0 Å². The quantitative estimate of drug-likeness (QED) is 0.629. The van der Waals surface area contributed by atoms with Crippen molar-refractivity contribution in [2.45, 2.75) is 19.1 Å². The first-order chi connectivity index (χ1) is 16.1. The molecule has 0 aliphatic carbocycles. The summed E-state index contributed by atoms with van der Waals surface area (Å²) in [5.41, 5.74) is 3.96. The first kappa shape index (κ1) is 21.3. The molecular formula is C27H30N4O2. The lowest BCUT2D eigenvalue weighted by molar-refractivity contribution is 0.0922. The average molecular weight is 443 g/mol. The highest BCUT2D eigenvalue weighted by atomic mass is 16.3. The summed E-state index contributed by atoms with van der Waals surface area (Å²) in [6.45, 7) is 7.01. The monoisotopic (exact) mass is 442 g/mol. The molecule has 2 unspecified atom stereocenters. The fourth-order valence-electron chi connectivity index (χ4n) is 4.99. The van der Waals surface area contributed by atoms with Crippen molar-refractivity contribution < 1.29 is 9.90 Å². The van der Waals surface area contributed by atoms with Crippen molar-refractivity contribution in [3.63, 3.8) is 0 Å². The number of phenols is 1. The Bertz CT molecular complexity index is 1090. The SMILES string of the molecule is CC(CN1CCN(c2ccc(O)cc2)CC1)N1c2ccccc2C(=O)NC1c1ccccc1. The summed E-state index contributed by atoms with van der Waals surface area (Å²) in [7, 11) is 0. The van der Waals surface area contributed by atoms with Crippen LogP contribution in [0.4, 0.5) is 11.4 Å². The summed E-state index contributed by atoms with van der Waals surface area (Å²) in [4.78, 5) is 20.1. The molecule has 0 radical (unpaired) electrons. The predicted molar refractivity (Wildman–Crippen MR) is 132 cm³/mol. The number of hydrogen-bond acceptors (Lipinski definition) is 5. The zero-order chi connectivity index (χ0) is 22.8. The topological polar surface area (TPSA) is 59.1 Å². The summed E-state index contributed by atoms with van der Waals surface area (Å²) < 4.78 is 0. The number of rotatable bonds is 5. The van der Waals surface area contributed by atoms with Crippen LogP contribution in [0.1, 0.15) is 29.0 Å². The fraction of sp³-hybridized carbons (Fsp3) is 0.296. The molecule has 2 N–H and O–H groups in total. The van der Waals surface area contributed by atoms with Gasteiger partial charge in [0.15, 0.2) is 0 Å². The molecule has 170 valence electrons. The van der Waals surface area contributed by atoms with E-state index in [1.807, 2.05) is 48.5 Å². The van der Waals surface area contributed by atoms with Crippen molar-refractivity contribution in [3.8, 4) is 5.75 Å². The molecule has 3 aromatic rings. The van der Waals surface area contributed by atoms with Crippen molar-refractivity contribution in [1.82, 2.24) is 10.2 Å². The maximum atomic E-state index is 12.8. The Balaban J connectivity index is 1.33. The van der Waals surface area contributed by atoms with Crippen LogP contribution in [-0.2, 0) is 0 Å². The zero-order valence-electron chi connectivity index (χ0n) is 18.9. The maximum Gasteiger partial charge on any atom is 0.255 e. The average Bonchev–Trinajstić information content (AvgIpc) is 2.85. The second-order valence-corrected chi connectivity index (χ2v) is 8.86. The summed E-state index contributed by atoms with van der Waals surface area (Å²) in [5.74, 6) is 0.276. The van der Waals surface area contributed by atoms with E-state index in [2.05, 4.69) is 45.1 Å². The molecule has 0 spiro atoms. The number of nitrogens with zero attached hydrogens (tertiary/aromatic N) is 3. The van der Waals surface area contributed by atoms with Crippen molar-refractivity contribution in [3.05, 3.63) is 90.0 Å². The molecule has 0 saturated carbocycles. The smallest absolute Gasteiger partial charge is 0.255 e. The third kappa shape index (κ3) is 4.39. The zero-order valence-corrected chi connectivity index (χ0v) is 18.9. The second kappa shape index (κ2) is 9.16. The number of carbonyl (C=O) groups excluding carboxylic acids is 1. The van der Waals surface area contributed by atoms with Gasteiger partial charge in [-0.25, -0.2) is 0 Å². The number of hydrogen-bond donors (Lipinski definition) is 2. The minimum atomic E-state index is -0.193. The Kier molecular flexibility index (Phi) is 5.92. The molecule has 2 aliphatic rings. The first-order valence-corrected chi connectivity index (χ1v) is 11.6. The Morgan fingerprint density at radius 1 is 0.909 bits per heavy atom. The summed E-state index contributed by atoms with van der Waals surface area (Å²) in [6.07, 6.45) is -0.193. The molecule has 6 nitrogen and oxygen atoms in total. The molecule has 0 bridgehead atoms. The number of phenolic OH excluding ortho intramolecular Hbond substituents is 1. The highest BCUT2D eigenvalue weighted by molar-refractivity contribution is 6.02. The van der Waals surface area contributed by atoms with Gasteiger partial charge in [0, 0.05) is 44.5 Å². The van der Waals surface area contributed by atoms with Gasteiger partial charge in [0.25, 0.3) is 5.91 Å². The van der Waals surface area contributed by atoms with Gasteiger partial charge in [-0.15, -0.1) is 0 Å². The third-order valence-electron chi connectivity index (χ3n) is 6.67. The van der Waals surface area contributed by atoms with Crippen LogP contribution in [0, 0.1) is 0 Å². The molecule has 2 atom stereocenters. The summed E-state index contributed by atoms with van der Waals surface area (Å²) in [6, 6.07) is 25.8. The molecule has 6 heteroatoms. The van der Waals surface area contributed by atoms with Crippen LogP contribution in [0.5, 0.6) is 5.75 Å². The molecular weight excluding hydrogens is 412 g/mol. The number of aromatic hydroxyl groups is 1. The lowest BCUT2D eigenvalue weighted by atomic mass is 10.0. The van der Waals surface area contributed by atoms with Gasteiger partial charge in [0.05, 0.1) is 11.3 Å². The van der Waals surface area contributed by atoms with E-state index in [-0.39, 0.29) is 18.1 Å². The Hall–Kier alpha value is -3.51. The number of carbonyl (C=O) groups is 1. The third-order valence-corrected chi connectivity index (χ3v) is 6.67. The molecule has 2 heterocycles. The van der Waals surface area contributed by atoms with Gasteiger partial charge in [-0.2, -0.15) is 0 Å². The maximum absolute atomic E-state index is 12.8. The molecule has 3 aromatic carbocycles. The minimum absolute atomic E-state index is 0.0228. The number of para-hydroxylation sites is 1. The van der Waals surface area contributed by atoms with Crippen molar-refractivity contribution in [2.24, 2.45) is 0 Å². The van der Waals surface area contributed by atoms with E-state index in [4.69, 9.17) is 0 Å². The van der Waals surface area contributed by atoms with E-state index in [1.165, 1.54) is 0 Å². The van der Waals surface area contributed by atoms with Crippen LogP contribution < -0.4 is 15.1 Å². The van der Waals surface area contributed by atoms with E-state index >= 15 is 0 Å². The summed E-state index contributed by atoms with van der Waals surface area (Å²) >= 11 is 0. The van der Waals surface area contributed by atoms with Crippen LogP contribution in [0.3, 0.4) is 0 Å². The predicted octanol–water partition coefficient (Wildman–Crippen LogP) is 3.85. The lowest BCUT2D eigenvalue weighted by Gasteiger charge is -2.45. The number of amides is 1. The standard InChI is InChI=1S/C27H30N4O2/c1-20(19-29-15-17-30(18-16-29)22-11-13-23(32)14-12-22)31-25-10-6-5-9-24(25)27(33)28-26(31)21-7-3-2-4-8-21/h2-14,20,26,32H,15-19H2,1H3,(H,28,33). The van der Waals surface area contributed by atoms with Crippen molar-refractivity contribution >= 4 is 17.3 Å². The largest absolute Gasteiger partial charge is 0.508 e. The lowest BCUT2D eigenvalue weighted by Crippen LogP contribution is -2.55. The Morgan fingerprint density at radius 3 is 2.30 bits per heavy atom. The number of anilines is 2. The first-order valence-electron chi connectivity index (χ1n) is 11.6. The van der Waals surface area contributed by atoms with Gasteiger partial charge in [-0.3, -0.25) is 9.69 Å². The van der Waals surface area contributed by atoms with E-state index in [9.17, 15) is 9.90 Å². The molecule has 33 heavy (non-hydrogen) atoms. The molecule has 1 fully saturated rings. The van der Waals surface area contributed by atoms with Crippen LogP contribution >= 0.6 is 0 Å². The summed E-state index contributed by atoms with van der Waals surface area (Å²) in [5, 5.41) is 12.8. The number of piperazine rings is 1. The van der Waals surface area contributed by atoms with Crippen LogP contribution in [0.15, 0.2) is 78.9 Å². The van der Waals surface area contributed by atoms with Crippen LogP contribution in [0.2, 0.25) is 0 Å². The van der Waals surface area contributed by atoms with Crippen molar-refractivity contribution in [2.75, 3.05) is 42.5 Å². The molecule has 0 aromatic heterocycles. The van der Waals surface area contributed by atoms with Gasteiger partial charge >= 0.3 is 0 Å². The van der Waals surface area contributed by atoms with Crippen LogP contribution in [-0.4, -0.2) is 54.7 Å². The number of nitrogens with one attached hydrogen (secondary N) is 1. The number of fused-ring (bicyclic) bond motifs is 1. The van der Waals surface area contributed by atoms with E-state index in [0.29, 0.717) is 5.75 Å². The van der Waals surface area contributed by atoms with Gasteiger partial charge in [-0.05, 0) is 48.9 Å². The van der Waals surface area contributed by atoms with E-state index < -0.39 is 0 Å². The Morgan fingerprint density at radius 2 is 1.58 bits per heavy atom. The normalized spacial score (nSPS) is 19.7. The molecule has 2 aliphatic heterocycles. The van der Waals surface area contributed by atoms with E-state index in [0.717, 1.165) is 55.2 Å². The van der Waals surface area contributed by atoms with Gasteiger partial charge in [0.2, 0.25) is 0 Å². The molecule has 5 rings (SSSR count). The Labute approximate surface area is 195 Å². The number of benzene rings is 3.